The maximum atomic E-state index is 5.85. The number of nitrogens with zero attached hydrogens (tertiary/aromatic N) is 4. The second-order valence-electron chi connectivity index (χ2n) is 8.82. The normalized spacial score (nSPS) is 13.1. The first kappa shape index (κ1) is 26.5. The quantitative estimate of drug-likeness (QED) is 0.275. The number of unbranched alkanes of at least 4 members (excludes halogenated alkanes) is 1. The number of pyridine rings is 2. The summed E-state index contributed by atoms with van der Waals surface area (Å²) in [7, 11) is 0. The molecule has 0 aliphatic carbocycles. The molecule has 3 aromatic rings. The molecule has 0 aliphatic rings. The SMILES string of the molecule is C/C=N\C(=C/CCC)CNc1cc(-c2cccnc2OCC)nc2c(C)c(CC)n(C(C)CC)c12. The Bertz CT molecular complexity index is 1190. The Morgan fingerprint density at radius 2 is 2.06 bits per heavy atom. The van der Waals surface area contributed by atoms with Crippen LogP contribution in [0.3, 0.4) is 0 Å². The highest BCUT2D eigenvalue weighted by atomic mass is 16.5. The van der Waals surface area contributed by atoms with Crippen molar-refractivity contribution in [3.05, 3.63) is 47.4 Å². The third-order valence-electron chi connectivity index (χ3n) is 6.43. The third-order valence-corrected chi connectivity index (χ3v) is 6.43. The van der Waals surface area contributed by atoms with Gasteiger partial charge in [-0.15, -0.1) is 0 Å². The summed E-state index contributed by atoms with van der Waals surface area (Å²) in [5.41, 5.74) is 8.65. The highest BCUT2D eigenvalue weighted by molar-refractivity contribution is 5.95. The molecule has 3 rings (SSSR count). The number of ether oxygens (including phenoxy) is 1. The van der Waals surface area contributed by atoms with Crippen LogP contribution in [0.5, 0.6) is 5.88 Å². The summed E-state index contributed by atoms with van der Waals surface area (Å²) < 4.78 is 8.33. The van der Waals surface area contributed by atoms with Crippen molar-refractivity contribution in [1.82, 2.24) is 14.5 Å². The summed E-state index contributed by atoms with van der Waals surface area (Å²) in [6.45, 7) is 16.3. The van der Waals surface area contributed by atoms with E-state index in [-0.39, 0.29) is 0 Å². The number of allylic oxidation sites excluding steroid dienone is 1. The van der Waals surface area contributed by atoms with Crippen molar-refractivity contribution in [3.8, 4) is 17.1 Å². The topological polar surface area (TPSA) is 64.3 Å². The number of anilines is 1. The summed E-state index contributed by atoms with van der Waals surface area (Å²) in [5, 5.41) is 3.72. The number of aryl methyl sites for hydroxylation is 1. The van der Waals surface area contributed by atoms with Crippen molar-refractivity contribution in [2.75, 3.05) is 18.5 Å². The van der Waals surface area contributed by atoms with Crippen LogP contribution in [-0.4, -0.2) is 33.9 Å². The Kier molecular flexibility index (Phi) is 9.47. The molecule has 0 saturated carbocycles. The van der Waals surface area contributed by atoms with Crippen LogP contribution in [0.15, 0.2) is 41.2 Å². The summed E-state index contributed by atoms with van der Waals surface area (Å²) in [4.78, 5) is 14.3. The molecule has 0 aromatic carbocycles. The Labute approximate surface area is 210 Å². The Balaban J connectivity index is 2.25. The van der Waals surface area contributed by atoms with Crippen LogP contribution in [0.25, 0.3) is 22.3 Å². The lowest BCUT2D eigenvalue weighted by molar-refractivity contribution is 0.328. The van der Waals surface area contributed by atoms with Gasteiger partial charge in [-0.05, 0) is 70.7 Å². The molecule has 3 aromatic heterocycles. The van der Waals surface area contributed by atoms with Crippen LogP contribution in [0.1, 0.15) is 78.1 Å². The average molecular weight is 476 g/mol. The van der Waals surface area contributed by atoms with Crippen molar-refractivity contribution >= 4 is 22.9 Å². The molecule has 35 heavy (non-hydrogen) atoms. The minimum atomic E-state index is 0.371. The van der Waals surface area contributed by atoms with E-state index in [0.29, 0.717) is 25.1 Å². The molecule has 1 unspecified atom stereocenters. The second kappa shape index (κ2) is 12.5. The molecule has 0 fully saturated rings. The van der Waals surface area contributed by atoms with E-state index >= 15 is 0 Å². The number of fused-ring (bicyclic) bond motifs is 1. The minimum Gasteiger partial charge on any atom is -0.477 e. The fourth-order valence-electron chi connectivity index (χ4n) is 4.54. The number of aliphatic imine (C=N–C) groups is 1. The Morgan fingerprint density at radius 1 is 1.26 bits per heavy atom. The lowest BCUT2D eigenvalue weighted by atomic mass is 10.1. The molecule has 0 bridgehead atoms. The molecule has 6 nitrogen and oxygen atoms in total. The smallest absolute Gasteiger partial charge is 0.222 e. The largest absolute Gasteiger partial charge is 0.477 e. The van der Waals surface area contributed by atoms with E-state index in [1.165, 1.54) is 11.3 Å². The number of nitrogens with one attached hydrogen (secondary N) is 1. The zero-order chi connectivity index (χ0) is 25.4. The van der Waals surface area contributed by atoms with E-state index in [0.717, 1.165) is 59.4 Å². The lowest BCUT2D eigenvalue weighted by Crippen LogP contribution is -2.11. The Hall–Kier alpha value is -3.15. The molecule has 3 heterocycles. The average Bonchev–Trinajstić information content (AvgIpc) is 3.17. The first-order valence-corrected chi connectivity index (χ1v) is 13.0. The predicted octanol–water partition coefficient (Wildman–Crippen LogP) is 7.53. The number of rotatable bonds is 12. The first-order chi connectivity index (χ1) is 17.0. The van der Waals surface area contributed by atoms with Gasteiger partial charge in [0, 0.05) is 24.1 Å². The van der Waals surface area contributed by atoms with Gasteiger partial charge in [0.2, 0.25) is 5.88 Å². The molecule has 0 aliphatic heterocycles. The molecular weight excluding hydrogens is 434 g/mol. The molecule has 0 amide bonds. The van der Waals surface area contributed by atoms with Crippen molar-refractivity contribution in [3.63, 3.8) is 0 Å². The van der Waals surface area contributed by atoms with E-state index in [1.807, 2.05) is 32.2 Å². The lowest BCUT2D eigenvalue weighted by Gasteiger charge is -2.20. The van der Waals surface area contributed by atoms with Gasteiger partial charge in [0.1, 0.15) is 0 Å². The molecule has 1 N–H and O–H groups in total. The minimum absolute atomic E-state index is 0.371. The molecule has 188 valence electrons. The zero-order valence-corrected chi connectivity index (χ0v) is 22.5. The first-order valence-electron chi connectivity index (χ1n) is 13.0. The van der Waals surface area contributed by atoms with Gasteiger partial charge in [-0.3, -0.25) is 4.99 Å². The second-order valence-corrected chi connectivity index (χ2v) is 8.82. The van der Waals surface area contributed by atoms with Crippen molar-refractivity contribution in [2.24, 2.45) is 4.99 Å². The zero-order valence-electron chi connectivity index (χ0n) is 22.5. The molecule has 0 spiro atoms. The highest BCUT2D eigenvalue weighted by Gasteiger charge is 2.22. The van der Waals surface area contributed by atoms with E-state index in [1.54, 1.807) is 6.20 Å². The van der Waals surface area contributed by atoms with E-state index < -0.39 is 0 Å². The van der Waals surface area contributed by atoms with Gasteiger partial charge in [0.05, 0.1) is 46.8 Å². The maximum absolute atomic E-state index is 5.85. The summed E-state index contributed by atoms with van der Waals surface area (Å²) in [5.74, 6) is 0.613. The standard InChI is InChI=1S/C29H41N5O/c1-8-13-15-22(30-11-4)19-32-25-18-24(23-16-14-17-31-29(23)35-12-5)33-27-21(7)26(10-3)34(28(25)27)20(6)9-2/h11,14-18,20H,8-10,12-13,19H2,1-7H3,(H,32,33)/b22-15-,30-11-. The van der Waals surface area contributed by atoms with E-state index in [4.69, 9.17) is 9.72 Å². The third kappa shape index (κ3) is 5.75. The number of hydrogen-bond acceptors (Lipinski definition) is 5. The number of aromatic nitrogens is 3. The van der Waals surface area contributed by atoms with Gasteiger partial charge in [-0.2, -0.15) is 0 Å². The molecule has 0 saturated heterocycles. The van der Waals surface area contributed by atoms with Crippen LogP contribution < -0.4 is 10.1 Å². The van der Waals surface area contributed by atoms with Crippen molar-refractivity contribution in [2.45, 2.75) is 80.2 Å². The van der Waals surface area contributed by atoms with Gasteiger partial charge in [0.15, 0.2) is 0 Å². The fourth-order valence-corrected chi connectivity index (χ4v) is 4.54. The molecule has 0 radical (unpaired) electrons. The van der Waals surface area contributed by atoms with Crippen molar-refractivity contribution < 1.29 is 4.74 Å². The summed E-state index contributed by atoms with van der Waals surface area (Å²) >= 11 is 0. The van der Waals surface area contributed by atoms with E-state index in [2.05, 4.69) is 66.6 Å². The molecular formula is C29H41N5O. The predicted molar refractivity (Wildman–Crippen MR) is 149 cm³/mol. The van der Waals surface area contributed by atoms with Gasteiger partial charge in [-0.1, -0.05) is 33.3 Å². The fraction of sp³-hybridized carbons (Fsp3) is 0.483. The van der Waals surface area contributed by atoms with Crippen LogP contribution in [-0.2, 0) is 6.42 Å². The van der Waals surface area contributed by atoms with Crippen molar-refractivity contribution in [1.29, 1.82) is 0 Å². The maximum Gasteiger partial charge on any atom is 0.222 e. The summed E-state index contributed by atoms with van der Waals surface area (Å²) in [6, 6.07) is 6.49. The molecule has 1 atom stereocenters. The van der Waals surface area contributed by atoms with Crippen LogP contribution >= 0.6 is 0 Å². The van der Waals surface area contributed by atoms with Gasteiger partial charge >= 0.3 is 0 Å². The van der Waals surface area contributed by atoms with Crippen LogP contribution in [0.2, 0.25) is 0 Å². The monoisotopic (exact) mass is 475 g/mol. The van der Waals surface area contributed by atoms with Gasteiger partial charge < -0.3 is 14.6 Å². The van der Waals surface area contributed by atoms with Gasteiger partial charge in [0.25, 0.3) is 0 Å². The van der Waals surface area contributed by atoms with E-state index in [9.17, 15) is 0 Å². The molecule has 6 heteroatoms. The number of hydrogen-bond donors (Lipinski definition) is 1. The van der Waals surface area contributed by atoms with Crippen LogP contribution in [0.4, 0.5) is 5.69 Å². The van der Waals surface area contributed by atoms with Crippen LogP contribution in [0, 0.1) is 6.92 Å². The Morgan fingerprint density at radius 3 is 2.71 bits per heavy atom. The highest BCUT2D eigenvalue weighted by Crippen LogP contribution is 2.38. The summed E-state index contributed by atoms with van der Waals surface area (Å²) in [6.07, 6.45) is 9.97. The van der Waals surface area contributed by atoms with Gasteiger partial charge in [-0.25, -0.2) is 9.97 Å².